The molecule has 0 aliphatic rings. The van der Waals surface area contributed by atoms with Gasteiger partial charge >= 0.3 is 21.7 Å². The predicted molar refractivity (Wildman–Crippen MR) is 94.4 cm³/mol. The Kier molecular flexibility index (Phi) is 106. The second-order valence-electron chi connectivity index (χ2n) is 3.93. The summed E-state index contributed by atoms with van der Waals surface area (Å²) in [5, 5.41) is 7.42. The fourth-order valence-corrected chi connectivity index (χ4v) is 0. The van der Waals surface area contributed by atoms with Gasteiger partial charge in [0.1, 0.15) is 0 Å². The van der Waals surface area contributed by atoms with E-state index in [0.29, 0.717) is 0 Å². The van der Waals surface area contributed by atoms with Crippen molar-refractivity contribution in [2.45, 2.75) is 86.0 Å². The summed E-state index contributed by atoms with van der Waals surface area (Å²) < 4.78 is 0. The zero-order valence-corrected chi connectivity index (χ0v) is 16.9. The van der Waals surface area contributed by atoms with Crippen LogP contribution in [0.15, 0.2) is 0 Å². The molecule has 0 unspecified atom stereocenters. The maximum atomic E-state index is 9.00. The molecule has 0 aromatic heterocycles. The predicted octanol–water partition coefficient (Wildman–Crippen LogP) is 6.57. The van der Waals surface area contributed by atoms with Gasteiger partial charge in [-0.2, -0.15) is 25.7 Å². The molecule has 1 N–H and O–H groups in total. The Morgan fingerprint density at radius 3 is 0.762 bits per heavy atom. The molecule has 2 nitrogen and oxygen atoms in total. The molecule has 0 aromatic rings. The molecule has 0 amide bonds. The average molecular weight is 336 g/mol. The van der Waals surface area contributed by atoms with Crippen molar-refractivity contribution in [3.8, 4) is 0 Å². The summed E-state index contributed by atoms with van der Waals surface area (Å²) in [6, 6.07) is 0. The Hall–Kier alpha value is 0.184. The van der Waals surface area contributed by atoms with Crippen LogP contribution in [-0.2, 0) is 26.5 Å². The van der Waals surface area contributed by atoms with Crippen LogP contribution in [0.4, 0.5) is 0 Å². The van der Waals surface area contributed by atoms with E-state index in [4.69, 9.17) is 9.90 Å². The van der Waals surface area contributed by atoms with Crippen molar-refractivity contribution in [3.63, 3.8) is 0 Å². The van der Waals surface area contributed by atoms with Gasteiger partial charge in [0.05, 0.1) is 0 Å². The minimum absolute atomic E-state index is 0. The van der Waals surface area contributed by atoms with Gasteiger partial charge in [-0.1, -0.05) is 53.4 Å². The first-order valence-corrected chi connectivity index (χ1v) is 7.76. The third-order valence-corrected chi connectivity index (χ3v) is 1.41. The van der Waals surface area contributed by atoms with Crippen LogP contribution in [0.2, 0.25) is 0 Å². The van der Waals surface area contributed by atoms with Crippen molar-refractivity contribution >= 4 is 5.97 Å². The van der Waals surface area contributed by atoms with Crippen LogP contribution >= 0.6 is 0 Å². The maximum Gasteiger partial charge on any atom is 4.00 e. The molecule has 0 fully saturated rings. The van der Waals surface area contributed by atoms with Crippen molar-refractivity contribution in [2.24, 2.45) is 0 Å². The second-order valence-corrected chi connectivity index (χ2v) is 3.93. The molecule has 0 spiro atoms. The number of carboxylic acid groups (broad SMARTS) is 1. The Morgan fingerprint density at radius 2 is 0.762 bits per heavy atom. The van der Waals surface area contributed by atoms with Gasteiger partial charge in [0.15, 0.2) is 0 Å². The van der Waals surface area contributed by atoms with Gasteiger partial charge in [-0.25, -0.2) is 0 Å². The topological polar surface area (TPSA) is 37.3 Å². The van der Waals surface area contributed by atoms with Gasteiger partial charge in [-0.3, -0.25) is 4.79 Å². The van der Waals surface area contributed by atoms with Gasteiger partial charge in [0, 0.05) is 6.92 Å². The van der Waals surface area contributed by atoms with E-state index in [2.05, 4.69) is 55.4 Å². The van der Waals surface area contributed by atoms with Gasteiger partial charge in [-0.15, -0.1) is 0 Å². The van der Waals surface area contributed by atoms with E-state index in [1.54, 1.807) is 0 Å². The molecular formula is C18H40O2Ti. The van der Waals surface area contributed by atoms with Gasteiger partial charge in [0.2, 0.25) is 0 Å². The molecule has 0 saturated heterocycles. The first-order valence-electron chi connectivity index (χ1n) is 7.76. The molecule has 0 saturated carbocycles. The largest absolute Gasteiger partial charge is 4.00 e. The molecule has 0 bridgehead atoms. The summed E-state index contributed by atoms with van der Waals surface area (Å²) in [6.07, 6.45) is 9.11. The molecule has 21 heavy (non-hydrogen) atoms. The molecule has 0 aromatic carbocycles. The summed E-state index contributed by atoms with van der Waals surface area (Å²) in [6.45, 7) is 24.0. The minimum atomic E-state index is -0.833. The summed E-state index contributed by atoms with van der Waals surface area (Å²) in [7, 11) is 0. The molecule has 0 heterocycles. The Labute approximate surface area is 151 Å². The summed E-state index contributed by atoms with van der Waals surface area (Å²) >= 11 is 0. The molecular weight excluding hydrogens is 296 g/mol. The van der Waals surface area contributed by atoms with Crippen LogP contribution < -0.4 is 0 Å². The van der Waals surface area contributed by atoms with Crippen LogP contribution in [-0.4, -0.2) is 11.1 Å². The number of unbranched alkanes of at least 4 members (excludes halogenated alkanes) is 4. The summed E-state index contributed by atoms with van der Waals surface area (Å²) in [5.74, 6) is -0.833. The van der Waals surface area contributed by atoms with Crippen LogP contribution in [0.1, 0.15) is 86.0 Å². The van der Waals surface area contributed by atoms with Crippen molar-refractivity contribution < 1.29 is 31.6 Å². The normalized spacial score (nSPS) is 6.90. The van der Waals surface area contributed by atoms with E-state index in [0.717, 1.165) is 32.6 Å². The van der Waals surface area contributed by atoms with Crippen LogP contribution in [0.3, 0.4) is 0 Å². The number of aliphatic carboxylic acids is 1. The maximum absolute atomic E-state index is 9.00. The van der Waals surface area contributed by atoms with E-state index in [-0.39, 0.29) is 21.7 Å². The third-order valence-electron chi connectivity index (χ3n) is 1.41. The molecule has 0 atom stereocenters. The molecule has 0 radical (unpaired) electrons. The van der Waals surface area contributed by atoms with E-state index >= 15 is 0 Å². The van der Waals surface area contributed by atoms with Gasteiger partial charge < -0.3 is 32.8 Å². The number of carbonyl (C=O) groups is 1. The SMILES string of the molecule is CC(=O)O.[CH2-]CCC.[CH2-]CCC.[CH2-]CCC.[CH2-]CCC.[Ti+4]. The Morgan fingerprint density at radius 1 is 0.714 bits per heavy atom. The Balaban J connectivity index is -0.0000000331. The second kappa shape index (κ2) is 59.4. The fraction of sp³-hybridized carbons (Fsp3) is 0.722. The molecule has 0 aliphatic heterocycles. The standard InChI is InChI=1S/4C4H9.C2H4O2.Ti/c4*1-3-4-2;1-2(3)4;/h4*1,3-4H2,2H3;1H3,(H,3,4);/q4*-1;;+4. The van der Waals surface area contributed by atoms with Gasteiger partial charge in [0.25, 0.3) is 5.97 Å². The average Bonchev–Trinajstić information content (AvgIpc) is 2.47. The first-order chi connectivity index (χ1) is 9.39. The zero-order valence-electron chi connectivity index (χ0n) is 15.3. The molecule has 3 heteroatoms. The van der Waals surface area contributed by atoms with Crippen LogP contribution in [0.5, 0.6) is 0 Å². The van der Waals surface area contributed by atoms with Crippen molar-refractivity contribution in [2.75, 3.05) is 0 Å². The van der Waals surface area contributed by atoms with Crippen molar-refractivity contribution in [3.05, 3.63) is 27.7 Å². The number of hydrogen-bond donors (Lipinski definition) is 1. The molecule has 0 aliphatic carbocycles. The quantitative estimate of drug-likeness (QED) is 0.465. The van der Waals surface area contributed by atoms with E-state index in [9.17, 15) is 0 Å². The van der Waals surface area contributed by atoms with E-state index < -0.39 is 5.97 Å². The molecule has 128 valence electrons. The summed E-state index contributed by atoms with van der Waals surface area (Å²) in [4.78, 5) is 9.00. The van der Waals surface area contributed by atoms with Crippen molar-refractivity contribution in [1.82, 2.24) is 0 Å². The van der Waals surface area contributed by atoms with Crippen LogP contribution in [0, 0.1) is 27.7 Å². The molecule has 0 rings (SSSR count). The Bertz CT molecular complexity index is 89.8. The fourth-order valence-electron chi connectivity index (χ4n) is 0. The zero-order chi connectivity index (χ0) is 17.2. The number of rotatable bonds is 4. The number of carboxylic acids is 1. The smallest absolute Gasteiger partial charge is 0.481 e. The van der Waals surface area contributed by atoms with Crippen LogP contribution in [0.25, 0.3) is 0 Å². The monoisotopic (exact) mass is 336 g/mol. The first kappa shape index (κ1) is 37.4. The van der Waals surface area contributed by atoms with Gasteiger partial charge in [-0.05, 0) is 0 Å². The number of hydrogen-bond acceptors (Lipinski definition) is 1. The van der Waals surface area contributed by atoms with E-state index in [1.165, 1.54) is 25.7 Å². The minimum Gasteiger partial charge on any atom is -0.481 e. The van der Waals surface area contributed by atoms with Crippen molar-refractivity contribution in [1.29, 1.82) is 0 Å². The van der Waals surface area contributed by atoms with E-state index in [1.807, 2.05) is 0 Å². The third kappa shape index (κ3) is 381. The summed E-state index contributed by atoms with van der Waals surface area (Å²) in [5.41, 5.74) is 0.